The molecule has 2 aromatic carbocycles. The Morgan fingerprint density at radius 1 is 1.03 bits per heavy atom. The molecule has 0 aliphatic carbocycles. The summed E-state index contributed by atoms with van der Waals surface area (Å²) in [4.78, 5) is 27.6. The zero-order chi connectivity index (χ0) is 25.0. The van der Waals surface area contributed by atoms with Crippen LogP contribution in [-0.2, 0) is 26.2 Å². The van der Waals surface area contributed by atoms with Crippen LogP contribution in [0.25, 0.3) is 0 Å². The second-order valence-corrected chi connectivity index (χ2v) is 11.1. The van der Waals surface area contributed by atoms with Crippen molar-refractivity contribution >= 4 is 27.5 Å². The molecule has 180 valence electrons. The normalized spacial score (nSPS) is 12.7. The zero-order valence-electron chi connectivity index (χ0n) is 19.9. The largest absolute Gasteiger partial charge is 0.350 e. The summed E-state index contributed by atoms with van der Waals surface area (Å²) in [5.74, 6) is -1.43. The quantitative estimate of drug-likeness (QED) is 0.633. The second kappa shape index (κ2) is 10.3. The molecule has 1 N–H and O–H groups in total. The van der Waals surface area contributed by atoms with Crippen molar-refractivity contribution in [2.75, 3.05) is 17.1 Å². The fourth-order valence-corrected chi connectivity index (χ4v) is 4.02. The van der Waals surface area contributed by atoms with E-state index in [1.807, 2.05) is 52.0 Å². The number of sulfonamides is 1. The van der Waals surface area contributed by atoms with Gasteiger partial charge < -0.3 is 10.2 Å². The average Bonchev–Trinajstić information content (AvgIpc) is 2.69. The summed E-state index contributed by atoms with van der Waals surface area (Å²) >= 11 is 0. The Kier molecular flexibility index (Phi) is 8.24. The van der Waals surface area contributed by atoms with Gasteiger partial charge >= 0.3 is 0 Å². The molecule has 2 rings (SSSR count). The van der Waals surface area contributed by atoms with Crippen LogP contribution in [0.2, 0.25) is 0 Å². The first-order chi connectivity index (χ1) is 15.2. The van der Waals surface area contributed by atoms with Gasteiger partial charge in [0.05, 0.1) is 11.9 Å². The summed E-state index contributed by atoms with van der Waals surface area (Å²) in [5.41, 5.74) is 1.51. The molecule has 0 unspecified atom stereocenters. The van der Waals surface area contributed by atoms with Gasteiger partial charge in [0.1, 0.15) is 18.4 Å². The number of hydrogen-bond acceptors (Lipinski definition) is 4. The number of amides is 2. The minimum absolute atomic E-state index is 0.124. The number of nitrogens with zero attached hydrogens (tertiary/aromatic N) is 2. The van der Waals surface area contributed by atoms with Crippen molar-refractivity contribution in [2.24, 2.45) is 0 Å². The molecule has 0 spiro atoms. The van der Waals surface area contributed by atoms with E-state index in [1.54, 1.807) is 6.92 Å². The Morgan fingerprint density at radius 2 is 1.58 bits per heavy atom. The summed E-state index contributed by atoms with van der Waals surface area (Å²) in [7, 11) is -3.85. The molecule has 0 aliphatic heterocycles. The van der Waals surface area contributed by atoms with E-state index in [2.05, 4.69) is 5.32 Å². The second-order valence-electron chi connectivity index (χ2n) is 9.17. The minimum Gasteiger partial charge on any atom is -0.350 e. The van der Waals surface area contributed by atoms with E-state index in [1.165, 1.54) is 17.0 Å². The topological polar surface area (TPSA) is 86.8 Å². The van der Waals surface area contributed by atoms with Gasteiger partial charge in [0, 0.05) is 12.1 Å². The first kappa shape index (κ1) is 26.3. The number of aryl methyl sites for hydroxylation is 1. The Bertz CT molecular complexity index is 1080. The Morgan fingerprint density at radius 3 is 2.06 bits per heavy atom. The number of rotatable bonds is 8. The lowest BCUT2D eigenvalue weighted by atomic mass is 10.1. The van der Waals surface area contributed by atoms with Crippen molar-refractivity contribution in [1.29, 1.82) is 0 Å². The molecule has 0 radical (unpaired) electrons. The number of hydrogen-bond donors (Lipinski definition) is 1. The van der Waals surface area contributed by atoms with Crippen LogP contribution in [0.4, 0.5) is 10.1 Å². The molecule has 9 heteroatoms. The van der Waals surface area contributed by atoms with Crippen LogP contribution in [0.5, 0.6) is 0 Å². The van der Waals surface area contributed by atoms with E-state index in [4.69, 9.17) is 0 Å². The van der Waals surface area contributed by atoms with E-state index >= 15 is 0 Å². The lowest BCUT2D eigenvalue weighted by Gasteiger charge is -2.33. The summed E-state index contributed by atoms with van der Waals surface area (Å²) in [6.45, 7) is 8.66. The maximum atomic E-state index is 13.4. The van der Waals surface area contributed by atoms with Crippen molar-refractivity contribution in [2.45, 2.75) is 52.7 Å². The number of anilines is 1. The zero-order valence-corrected chi connectivity index (χ0v) is 20.7. The Labute approximate surface area is 195 Å². The fraction of sp³-hybridized carbons (Fsp3) is 0.417. The lowest BCUT2D eigenvalue weighted by molar-refractivity contribution is -0.140. The van der Waals surface area contributed by atoms with Gasteiger partial charge in [-0.15, -0.1) is 0 Å². The van der Waals surface area contributed by atoms with E-state index in [0.29, 0.717) is 0 Å². The maximum absolute atomic E-state index is 13.4. The van der Waals surface area contributed by atoms with Crippen molar-refractivity contribution < 1.29 is 22.4 Å². The summed E-state index contributed by atoms with van der Waals surface area (Å²) in [5, 5.41) is 2.86. The SMILES string of the molecule is Cc1ccc(CN(C(=O)CN(c2ccc(F)cc2)S(C)(=O)=O)[C@@H](C)C(=O)NC(C)(C)C)cc1. The summed E-state index contributed by atoms with van der Waals surface area (Å²) in [6, 6.07) is 11.5. The molecule has 2 aromatic rings. The van der Waals surface area contributed by atoms with Crippen molar-refractivity contribution in [3.63, 3.8) is 0 Å². The molecule has 2 amide bonds. The van der Waals surface area contributed by atoms with Crippen molar-refractivity contribution in [1.82, 2.24) is 10.2 Å². The van der Waals surface area contributed by atoms with Crippen LogP contribution in [0.1, 0.15) is 38.8 Å². The maximum Gasteiger partial charge on any atom is 0.244 e. The lowest BCUT2D eigenvalue weighted by Crippen LogP contribution is -2.54. The molecule has 7 nitrogen and oxygen atoms in total. The van der Waals surface area contributed by atoms with Crippen LogP contribution in [0, 0.1) is 12.7 Å². The highest BCUT2D eigenvalue weighted by Gasteiger charge is 2.31. The monoisotopic (exact) mass is 477 g/mol. The molecule has 0 heterocycles. The summed E-state index contributed by atoms with van der Waals surface area (Å²) in [6.07, 6.45) is 0.976. The third-order valence-electron chi connectivity index (χ3n) is 4.93. The van der Waals surface area contributed by atoms with Gasteiger partial charge in [-0.3, -0.25) is 13.9 Å². The summed E-state index contributed by atoms with van der Waals surface area (Å²) < 4.78 is 39.1. The van der Waals surface area contributed by atoms with Crippen LogP contribution in [0.15, 0.2) is 48.5 Å². The molecule has 0 saturated carbocycles. The predicted molar refractivity (Wildman–Crippen MR) is 128 cm³/mol. The van der Waals surface area contributed by atoms with Crippen LogP contribution < -0.4 is 9.62 Å². The first-order valence-electron chi connectivity index (χ1n) is 10.6. The average molecular weight is 478 g/mol. The van der Waals surface area contributed by atoms with Gasteiger partial charge in [-0.05, 0) is 64.4 Å². The van der Waals surface area contributed by atoms with Gasteiger partial charge in [-0.1, -0.05) is 29.8 Å². The van der Waals surface area contributed by atoms with Crippen molar-refractivity contribution in [3.8, 4) is 0 Å². The molecule has 0 aromatic heterocycles. The van der Waals surface area contributed by atoms with E-state index in [0.717, 1.165) is 33.8 Å². The van der Waals surface area contributed by atoms with Gasteiger partial charge in [0.15, 0.2) is 0 Å². The highest BCUT2D eigenvalue weighted by Crippen LogP contribution is 2.20. The molecular weight excluding hydrogens is 445 g/mol. The van der Waals surface area contributed by atoms with E-state index < -0.39 is 39.9 Å². The highest BCUT2D eigenvalue weighted by molar-refractivity contribution is 7.92. The Hall–Kier alpha value is -2.94. The minimum atomic E-state index is -3.85. The smallest absolute Gasteiger partial charge is 0.244 e. The van der Waals surface area contributed by atoms with Gasteiger partial charge in [-0.25, -0.2) is 12.8 Å². The number of halogens is 1. The number of carbonyl (C=O) groups is 2. The number of carbonyl (C=O) groups excluding carboxylic acids is 2. The molecule has 0 fully saturated rings. The molecule has 0 aliphatic rings. The van der Waals surface area contributed by atoms with E-state index in [-0.39, 0.29) is 18.1 Å². The number of benzene rings is 2. The van der Waals surface area contributed by atoms with Crippen LogP contribution in [0.3, 0.4) is 0 Å². The van der Waals surface area contributed by atoms with Gasteiger partial charge in [-0.2, -0.15) is 0 Å². The Balaban J connectivity index is 2.38. The predicted octanol–water partition coefficient (Wildman–Crippen LogP) is 3.23. The molecule has 0 bridgehead atoms. The molecule has 33 heavy (non-hydrogen) atoms. The number of nitrogens with one attached hydrogen (secondary N) is 1. The molecular formula is C24H32FN3O4S. The first-order valence-corrected chi connectivity index (χ1v) is 12.4. The fourth-order valence-electron chi connectivity index (χ4n) is 3.17. The highest BCUT2D eigenvalue weighted by atomic mass is 32.2. The van der Waals surface area contributed by atoms with Crippen LogP contribution in [-0.4, -0.2) is 49.5 Å². The standard InChI is InChI=1S/C24H32FN3O4S/c1-17-7-9-19(10-8-17)15-27(18(2)23(30)26-24(3,4)5)22(29)16-28(33(6,31)32)21-13-11-20(25)12-14-21/h7-14,18H,15-16H2,1-6H3,(H,26,30)/t18-/m0/s1. The van der Waals surface area contributed by atoms with E-state index in [9.17, 15) is 22.4 Å². The van der Waals surface area contributed by atoms with Gasteiger partial charge in [0.25, 0.3) is 0 Å². The third-order valence-corrected chi connectivity index (χ3v) is 6.07. The molecule has 1 atom stereocenters. The van der Waals surface area contributed by atoms with Gasteiger partial charge in [0.2, 0.25) is 21.8 Å². The third kappa shape index (κ3) is 7.85. The molecule has 0 saturated heterocycles. The van der Waals surface area contributed by atoms with Crippen LogP contribution >= 0.6 is 0 Å². The van der Waals surface area contributed by atoms with Crippen molar-refractivity contribution in [3.05, 3.63) is 65.5 Å².